The Morgan fingerprint density at radius 1 is 1.40 bits per heavy atom. The molecule has 0 spiro atoms. The number of aldehydes is 1. The Balaban J connectivity index is 3.51. The number of aliphatic carboxylic acids is 1. The van der Waals surface area contributed by atoms with Crippen LogP contribution < -0.4 is 4.74 Å². The lowest BCUT2D eigenvalue weighted by Crippen LogP contribution is -2.08. The Labute approximate surface area is 110 Å². The summed E-state index contributed by atoms with van der Waals surface area (Å²) < 4.78 is 28.6. The van der Waals surface area contributed by atoms with E-state index in [4.69, 9.17) is 5.11 Å². The third-order valence-corrected chi connectivity index (χ3v) is 2.12. The lowest BCUT2D eigenvalue weighted by Gasteiger charge is -2.09. The fourth-order valence-corrected chi connectivity index (χ4v) is 1.39. The molecule has 0 aliphatic carbocycles. The van der Waals surface area contributed by atoms with Gasteiger partial charge in [0.05, 0.1) is 10.5 Å². The van der Waals surface area contributed by atoms with Crippen LogP contribution in [0.1, 0.15) is 15.9 Å². The molecule has 0 saturated heterocycles. The highest BCUT2D eigenvalue weighted by atomic mass is 19.3. The number of halogens is 2. The van der Waals surface area contributed by atoms with E-state index in [1.165, 1.54) is 0 Å². The molecule has 0 atom stereocenters. The van der Waals surface area contributed by atoms with Crippen LogP contribution >= 0.6 is 0 Å². The molecule has 0 heterocycles. The third kappa shape index (κ3) is 3.57. The van der Waals surface area contributed by atoms with Gasteiger partial charge < -0.3 is 9.84 Å². The van der Waals surface area contributed by atoms with Crippen LogP contribution in [0, 0.1) is 10.1 Å². The van der Waals surface area contributed by atoms with Gasteiger partial charge in [-0.25, -0.2) is 4.79 Å². The maximum atomic E-state index is 12.3. The second-order valence-electron chi connectivity index (χ2n) is 3.35. The predicted molar refractivity (Wildman–Crippen MR) is 61.8 cm³/mol. The van der Waals surface area contributed by atoms with Crippen molar-refractivity contribution in [3.05, 3.63) is 39.4 Å². The van der Waals surface area contributed by atoms with Gasteiger partial charge in [-0.2, -0.15) is 8.78 Å². The van der Waals surface area contributed by atoms with E-state index < -0.39 is 34.5 Å². The molecular weight excluding hydrogens is 280 g/mol. The molecule has 0 aromatic heterocycles. The Morgan fingerprint density at radius 3 is 2.45 bits per heavy atom. The molecule has 0 saturated carbocycles. The van der Waals surface area contributed by atoms with Gasteiger partial charge in [0.2, 0.25) is 5.75 Å². The first-order chi connectivity index (χ1) is 9.36. The highest BCUT2D eigenvalue weighted by Gasteiger charge is 2.26. The zero-order valence-corrected chi connectivity index (χ0v) is 9.66. The fourth-order valence-electron chi connectivity index (χ4n) is 1.39. The Hall–Kier alpha value is -2.84. The quantitative estimate of drug-likeness (QED) is 0.371. The molecule has 0 radical (unpaired) electrons. The van der Waals surface area contributed by atoms with Gasteiger partial charge >= 0.3 is 18.3 Å². The van der Waals surface area contributed by atoms with Crippen LogP contribution in [0.15, 0.2) is 18.2 Å². The summed E-state index contributed by atoms with van der Waals surface area (Å²) in [6.07, 6.45) is 1.56. The summed E-state index contributed by atoms with van der Waals surface area (Å²) in [4.78, 5) is 30.9. The Bertz CT molecular complexity index is 585. The minimum Gasteiger partial charge on any atom is -0.478 e. The minimum absolute atomic E-state index is 0.112. The summed E-state index contributed by atoms with van der Waals surface area (Å²) in [5, 5.41) is 19.3. The lowest BCUT2D eigenvalue weighted by atomic mass is 10.1. The summed E-state index contributed by atoms with van der Waals surface area (Å²) in [7, 11) is 0. The molecule has 106 valence electrons. The number of carboxylic acids is 1. The number of nitrogens with zero attached hydrogens (tertiary/aromatic N) is 1. The van der Waals surface area contributed by atoms with Gasteiger partial charge in [-0.3, -0.25) is 14.9 Å². The third-order valence-electron chi connectivity index (χ3n) is 2.12. The highest BCUT2D eigenvalue weighted by Crippen LogP contribution is 2.35. The van der Waals surface area contributed by atoms with Crippen molar-refractivity contribution < 1.29 is 33.1 Å². The summed E-state index contributed by atoms with van der Waals surface area (Å²) >= 11 is 0. The van der Waals surface area contributed by atoms with Gasteiger partial charge in [0.1, 0.15) is 0 Å². The van der Waals surface area contributed by atoms with Crippen molar-refractivity contribution in [1.29, 1.82) is 0 Å². The van der Waals surface area contributed by atoms with Crippen LogP contribution in [-0.4, -0.2) is 28.9 Å². The molecule has 9 heteroatoms. The van der Waals surface area contributed by atoms with E-state index in [-0.39, 0.29) is 11.8 Å². The number of rotatable bonds is 6. The van der Waals surface area contributed by atoms with Gasteiger partial charge in [-0.15, -0.1) is 0 Å². The van der Waals surface area contributed by atoms with Gasteiger partial charge in [-0.05, 0) is 12.1 Å². The first-order valence-electron chi connectivity index (χ1n) is 4.99. The standard InChI is InChI=1S/C11H7F2NO6/c12-11(13)20-10-6(3-4-8(16)17)1-2-7(5-15)9(10)14(18)19/h1-5,11H,(H,16,17)/b4-3+. The topological polar surface area (TPSA) is 107 Å². The number of carboxylic acid groups (broad SMARTS) is 1. The zero-order chi connectivity index (χ0) is 15.3. The van der Waals surface area contributed by atoms with E-state index in [2.05, 4.69) is 4.74 Å². The van der Waals surface area contributed by atoms with Crippen molar-refractivity contribution in [3.8, 4) is 5.75 Å². The average Bonchev–Trinajstić information content (AvgIpc) is 2.35. The van der Waals surface area contributed by atoms with Gasteiger partial charge in [0, 0.05) is 11.6 Å². The van der Waals surface area contributed by atoms with E-state index in [1.54, 1.807) is 0 Å². The highest BCUT2D eigenvalue weighted by molar-refractivity contribution is 5.89. The first-order valence-corrected chi connectivity index (χ1v) is 4.99. The first kappa shape index (κ1) is 15.2. The number of benzene rings is 1. The van der Waals surface area contributed by atoms with Crippen molar-refractivity contribution in [2.75, 3.05) is 0 Å². The lowest BCUT2D eigenvalue weighted by molar-refractivity contribution is -0.386. The number of hydrogen-bond donors (Lipinski definition) is 1. The second-order valence-corrected chi connectivity index (χ2v) is 3.35. The van der Waals surface area contributed by atoms with Crippen molar-refractivity contribution in [2.45, 2.75) is 6.61 Å². The van der Waals surface area contributed by atoms with Crippen molar-refractivity contribution >= 4 is 24.0 Å². The van der Waals surface area contributed by atoms with E-state index in [9.17, 15) is 28.5 Å². The maximum Gasteiger partial charge on any atom is 0.387 e. The largest absolute Gasteiger partial charge is 0.478 e. The smallest absolute Gasteiger partial charge is 0.387 e. The van der Waals surface area contributed by atoms with Gasteiger partial charge in [-0.1, -0.05) is 6.07 Å². The van der Waals surface area contributed by atoms with Crippen LogP contribution in [0.25, 0.3) is 6.08 Å². The molecule has 1 aromatic rings. The molecule has 1 aromatic carbocycles. The van der Waals surface area contributed by atoms with E-state index in [1.807, 2.05) is 0 Å². The average molecular weight is 287 g/mol. The monoisotopic (exact) mass is 287 g/mol. The molecule has 0 bridgehead atoms. The molecule has 7 nitrogen and oxygen atoms in total. The van der Waals surface area contributed by atoms with Gasteiger partial charge in [0.25, 0.3) is 0 Å². The minimum atomic E-state index is -3.37. The SMILES string of the molecule is O=Cc1ccc(/C=C/C(=O)O)c(OC(F)F)c1[N+](=O)[O-]. The van der Waals surface area contributed by atoms with Crippen LogP contribution in [0.3, 0.4) is 0 Å². The maximum absolute atomic E-state index is 12.3. The normalized spacial score (nSPS) is 10.8. The zero-order valence-electron chi connectivity index (χ0n) is 9.66. The number of carbonyl (C=O) groups is 2. The Kier molecular flexibility index (Phi) is 4.84. The summed E-state index contributed by atoms with van der Waals surface area (Å²) in [5.41, 5.74) is -1.67. The van der Waals surface area contributed by atoms with Crippen molar-refractivity contribution in [1.82, 2.24) is 0 Å². The number of hydrogen-bond acceptors (Lipinski definition) is 5. The summed E-state index contributed by atoms with van der Waals surface area (Å²) in [6, 6.07) is 2.07. The van der Waals surface area contributed by atoms with Gasteiger partial charge in [0.15, 0.2) is 6.29 Å². The molecule has 0 aliphatic rings. The number of ether oxygens (including phenoxy) is 1. The summed E-state index contributed by atoms with van der Waals surface area (Å²) in [5.74, 6) is -2.25. The molecule has 1 rings (SSSR count). The molecule has 0 amide bonds. The van der Waals surface area contributed by atoms with E-state index in [0.29, 0.717) is 6.08 Å². The van der Waals surface area contributed by atoms with E-state index in [0.717, 1.165) is 18.2 Å². The fraction of sp³-hybridized carbons (Fsp3) is 0.0909. The van der Waals surface area contributed by atoms with Crippen LogP contribution in [0.2, 0.25) is 0 Å². The number of nitro groups is 1. The molecule has 1 N–H and O–H groups in total. The van der Waals surface area contributed by atoms with Crippen molar-refractivity contribution in [2.24, 2.45) is 0 Å². The van der Waals surface area contributed by atoms with E-state index >= 15 is 0 Å². The predicted octanol–water partition coefficient (Wildman–Crippen LogP) is 2.11. The molecule has 0 unspecified atom stereocenters. The van der Waals surface area contributed by atoms with Crippen LogP contribution in [0.4, 0.5) is 14.5 Å². The number of nitro benzene ring substituents is 1. The molecule has 0 aliphatic heterocycles. The van der Waals surface area contributed by atoms with Crippen molar-refractivity contribution in [3.63, 3.8) is 0 Å². The Morgan fingerprint density at radius 2 is 2.00 bits per heavy atom. The number of alkyl halides is 2. The van der Waals surface area contributed by atoms with Crippen LogP contribution in [0.5, 0.6) is 5.75 Å². The summed E-state index contributed by atoms with van der Waals surface area (Å²) in [6.45, 7) is -3.37. The second kappa shape index (κ2) is 6.36. The molecule has 0 fully saturated rings. The van der Waals surface area contributed by atoms with Crippen LogP contribution in [-0.2, 0) is 4.79 Å². The molecule has 20 heavy (non-hydrogen) atoms. The number of carbonyl (C=O) groups excluding carboxylic acids is 1. The molecular formula is C11H7F2NO6.